The van der Waals surface area contributed by atoms with Crippen molar-refractivity contribution in [3.8, 4) is 0 Å². The summed E-state index contributed by atoms with van der Waals surface area (Å²) in [6.45, 7) is 6.47. The quantitative estimate of drug-likeness (QED) is 0.710. The van der Waals surface area contributed by atoms with E-state index in [1.165, 1.54) is 12.1 Å². The lowest BCUT2D eigenvalue weighted by Crippen LogP contribution is -2.49. The number of likely N-dealkylation sites (tertiary alicyclic amines) is 1. The SMILES string of the molecule is Cl.O=C(C1CNNC1c1ccc(F)cc1)N1CCC(N2CCNCC2)C1. The monoisotopic (exact) mass is 383 g/mol. The zero-order chi connectivity index (χ0) is 17.2. The minimum atomic E-state index is -0.254. The molecule has 3 saturated heterocycles. The number of rotatable bonds is 3. The van der Waals surface area contributed by atoms with Gasteiger partial charge >= 0.3 is 0 Å². The number of halogens is 2. The summed E-state index contributed by atoms with van der Waals surface area (Å²) in [6, 6.07) is 6.80. The molecule has 0 aliphatic carbocycles. The van der Waals surface area contributed by atoms with E-state index < -0.39 is 0 Å². The number of nitrogens with zero attached hydrogens (tertiary/aromatic N) is 2. The summed E-state index contributed by atoms with van der Waals surface area (Å²) in [4.78, 5) is 17.6. The highest BCUT2D eigenvalue weighted by molar-refractivity contribution is 5.85. The molecule has 1 aromatic rings. The Morgan fingerprint density at radius 1 is 1.12 bits per heavy atom. The number of carbonyl (C=O) groups is 1. The Morgan fingerprint density at radius 3 is 2.58 bits per heavy atom. The molecule has 3 fully saturated rings. The normalized spacial score (nSPS) is 29.6. The summed E-state index contributed by atoms with van der Waals surface area (Å²) >= 11 is 0. The van der Waals surface area contributed by atoms with Gasteiger partial charge in [-0.3, -0.25) is 15.1 Å². The minimum Gasteiger partial charge on any atom is -0.341 e. The van der Waals surface area contributed by atoms with Crippen molar-refractivity contribution in [3.05, 3.63) is 35.6 Å². The summed E-state index contributed by atoms with van der Waals surface area (Å²) in [5.74, 6) is -0.201. The molecule has 6 nitrogen and oxygen atoms in total. The first-order valence-electron chi connectivity index (χ1n) is 9.20. The van der Waals surface area contributed by atoms with Crippen molar-refractivity contribution in [2.45, 2.75) is 18.5 Å². The van der Waals surface area contributed by atoms with Gasteiger partial charge in [0.25, 0.3) is 0 Å². The molecule has 0 aromatic heterocycles. The van der Waals surface area contributed by atoms with Gasteiger partial charge in [-0.2, -0.15) is 0 Å². The Balaban J connectivity index is 0.00000196. The number of nitrogens with one attached hydrogen (secondary N) is 3. The highest BCUT2D eigenvalue weighted by atomic mass is 35.5. The predicted octanol–water partition coefficient (Wildman–Crippen LogP) is 0.519. The molecule has 4 rings (SSSR count). The number of hydrazine groups is 1. The van der Waals surface area contributed by atoms with E-state index in [1.54, 1.807) is 12.1 Å². The summed E-state index contributed by atoms with van der Waals surface area (Å²) in [6.07, 6.45) is 1.06. The molecule has 3 aliphatic heterocycles. The van der Waals surface area contributed by atoms with Crippen molar-refractivity contribution in [1.82, 2.24) is 26.0 Å². The molecular formula is C18H27ClFN5O. The van der Waals surface area contributed by atoms with Crippen LogP contribution in [0.25, 0.3) is 0 Å². The second-order valence-electron chi connectivity index (χ2n) is 7.17. The van der Waals surface area contributed by atoms with Gasteiger partial charge < -0.3 is 10.2 Å². The Morgan fingerprint density at radius 2 is 1.85 bits per heavy atom. The number of piperazine rings is 1. The fraction of sp³-hybridized carbons (Fsp3) is 0.611. The van der Waals surface area contributed by atoms with Crippen molar-refractivity contribution in [3.63, 3.8) is 0 Å². The molecular weight excluding hydrogens is 357 g/mol. The number of benzene rings is 1. The maximum Gasteiger partial charge on any atom is 0.229 e. The molecule has 26 heavy (non-hydrogen) atoms. The van der Waals surface area contributed by atoms with E-state index in [0.29, 0.717) is 12.6 Å². The van der Waals surface area contributed by atoms with Gasteiger partial charge in [-0.25, -0.2) is 9.82 Å². The van der Waals surface area contributed by atoms with Crippen LogP contribution < -0.4 is 16.2 Å². The number of amides is 1. The first-order chi connectivity index (χ1) is 12.2. The lowest BCUT2D eigenvalue weighted by molar-refractivity contribution is -0.134. The zero-order valence-electron chi connectivity index (χ0n) is 14.8. The van der Waals surface area contributed by atoms with E-state index in [-0.39, 0.29) is 36.1 Å². The Bertz CT molecular complexity index is 610. The largest absolute Gasteiger partial charge is 0.341 e. The van der Waals surface area contributed by atoms with Gasteiger partial charge in [-0.1, -0.05) is 12.1 Å². The summed E-state index contributed by atoms with van der Waals surface area (Å²) < 4.78 is 13.2. The molecule has 3 atom stereocenters. The van der Waals surface area contributed by atoms with Crippen LogP contribution in [0.5, 0.6) is 0 Å². The third-order valence-corrected chi connectivity index (χ3v) is 5.67. The predicted molar refractivity (Wildman–Crippen MR) is 100 cm³/mol. The van der Waals surface area contributed by atoms with E-state index in [1.807, 2.05) is 4.90 Å². The number of hydrogen-bond donors (Lipinski definition) is 3. The summed E-state index contributed by atoms with van der Waals surface area (Å²) in [5, 5.41) is 3.38. The zero-order valence-corrected chi connectivity index (χ0v) is 15.6. The second kappa shape index (κ2) is 8.63. The summed E-state index contributed by atoms with van der Waals surface area (Å²) in [5.41, 5.74) is 7.23. The third kappa shape index (κ3) is 4.02. The van der Waals surface area contributed by atoms with Crippen LogP contribution >= 0.6 is 12.4 Å². The van der Waals surface area contributed by atoms with Crippen molar-refractivity contribution in [2.75, 3.05) is 45.8 Å². The third-order valence-electron chi connectivity index (χ3n) is 5.67. The van der Waals surface area contributed by atoms with Crippen molar-refractivity contribution < 1.29 is 9.18 Å². The van der Waals surface area contributed by atoms with Gasteiger partial charge in [0, 0.05) is 51.9 Å². The second-order valence-corrected chi connectivity index (χ2v) is 7.17. The van der Waals surface area contributed by atoms with Crippen LogP contribution in [0, 0.1) is 11.7 Å². The molecule has 0 saturated carbocycles. The Hall–Kier alpha value is -1.25. The molecule has 0 radical (unpaired) electrons. The minimum absolute atomic E-state index is 0. The van der Waals surface area contributed by atoms with Crippen LogP contribution in [0.2, 0.25) is 0 Å². The Labute approximate surface area is 159 Å². The molecule has 3 N–H and O–H groups in total. The molecule has 0 bridgehead atoms. The van der Waals surface area contributed by atoms with E-state index in [9.17, 15) is 9.18 Å². The maximum atomic E-state index is 13.2. The van der Waals surface area contributed by atoms with Crippen LogP contribution in [0.3, 0.4) is 0 Å². The van der Waals surface area contributed by atoms with Gasteiger partial charge in [0.05, 0.1) is 12.0 Å². The first-order valence-corrected chi connectivity index (χ1v) is 9.20. The highest BCUT2D eigenvalue weighted by Gasteiger charge is 2.39. The lowest BCUT2D eigenvalue weighted by Gasteiger charge is -2.33. The topological polar surface area (TPSA) is 59.6 Å². The summed E-state index contributed by atoms with van der Waals surface area (Å²) in [7, 11) is 0. The standard InChI is InChI=1S/C18H26FN5O.ClH/c19-14-3-1-13(2-4-14)17-16(11-21-22-17)18(25)24-8-5-15(12-24)23-9-6-20-7-10-23;/h1-4,15-17,20-22H,5-12H2;1H. The van der Waals surface area contributed by atoms with Crippen molar-refractivity contribution in [2.24, 2.45) is 5.92 Å². The van der Waals surface area contributed by atoms with E-state index in [0.717, 1.165) is 51.3 Å². The van der Waals surface area contributed by atoms with E-state index in [2.05, 4.69) is 21.1 Å². The Kier molecular flexibility index (Phi) is 6.47. The van der Waals surface area contributed by atoms with Crippen LogP contribution in [0.15, 0.2) is 24.3 Å². The molecule has 3 heterocycles. The van der Waals surface area contributed by atoms with Crippen LogP contribution in [-0.2, 0) is 4.79 Å². The van der Waals surface area contributed by atoms with Gasteiger partial charge in [-0.05, 0) is 24.1 Å². The first kappa shape index (κ1) is 19.5. The molecule has 8 heteroatoms. The average molecular weight is 384 g/mol. The van der Waals surface area contributed by atoms with Crippen LogP contribution in [0.1, 0.15) is 18.0 Å². The molecule has 3 unspecified atom stereocenters. The van der Waals surface area contributed by atoms with Gasteiger partial charge in [-0.15, -0.1) is 12.4 Å². The smallest absolute Gasteiger partial charge is 0.229 e. The molecule has 3 aliphatic rings. The van der Waals surface area contributed by atoms with E-state index >= 15 is 0 Å². The van der Waals surface area contributed by atoms with Gasteiger partial charge in [0.1, 0.15) is 5.82 Å². The number of hydrogen-bond acceptors (Lipinski definition) is 5. The van der Waals surface area contributed by atoms with Gasteiger partial charge in [0.2, 0.25) is 5.91 Å². The number of carbonyl (C=O) groups excluding carboxylic acids is 1. The fourth-order valence-electron chi connectivity index (χ4n) is 4.23. The van der Waals surface area contributed by atoms with Gasteiger partial charge in [0.15, 0.2) is 0 Å². The average Bonchev–Trinajstić information content (AvgIpc) is 3.32. The van der Waals surface area contributed by atoms with Crippen LogP contribution in [0.4, 0.5) is 4.39 Å². The van der Waals surface area contributed by atoms with Crippen molar-refractivity contribution >= 4 is 18.3 Å². The molecule has 144 valence electrons. The molecule has 0 spiro atoms. The maximum absolute atomic E-state index is 13.2. The lowest BCUT2D eigenvalue weighted by atomic mass is 9.93. The fourth-order valence-corrected chi connectivity index (χ4v) is 4.23. The van der Waals surface area contributed by atoms with Crippen LogP contribution in [-0.4, -0.2) is 67.6 Å². The highest BCUT2D eigenvalue weighted by Crippen LogP contribution is 2.28. The van der Waals surface area contributed by atoms with E-state index in [4.69, 9.17) is 0 Å². The van der Waals surface area contributed by atoms with Crippen molar-refractivity contribution in [1.29, 1.82) is 0 Å². The molecule has 1 aromatic carbocycles. The molecule has 1 amide bonds.